The van der Waals surface area contributed by atoms with Crippen molar-refractivity contribution in [2.24, 2.45) is 0 Å². The Morgan fingerprint density at radius 2 is 1.93 bits per heavy atom. The fourth-order valence-corrected chi connectivity index (χ4v) is 3.39. The summed E-state index contributed by atoms with van der Waals surface area (Å²) in [5.41, 5.74) is 4.70. The van der Waals surface area contributed by atoms with Crippen molar-refractivity contribution < 1.29 is 9.53 Å². The van der Waals surface area contributed by atoms with E-state index in [4.69, 9.17) is 4.74 Å². The second-order valence-corrected chi connectivity index (χ2v) is 7.71. The molecule has 5 nitrogen and oxygen atoms in total. The number of imidazole rings is 1. The van der Waals surface area contributed by atoms with E-state index in [1.54, 1.807) is 19.4 Å². The van der Waals surface area contributed by atoms with E-state index in [1.807, 2.05) is 35.0 Å². The molecule has 1 amide bonds. The third-order valence-corrected chi connectivity index (χ3v) is 4.93. The largest absolute Gasteiger partial charge is 0.481 e. The Balaban J connectivity index is 1.54. The van der Waals surface area contributed by atoms with Crippen LogP contribution in [0.2, 0.25) is 0 Å². The molecule has 0 saturated carbocycles. The first-order chi connectivity index (χ1) is 13.9. The quantitative estimate of drug-likeness (QED) is 0.617. The second-order valence-electron chi connectivity index (χ2n) is 7.71. The maximum Gasteiger partial charge on any atom is 0.261 e. The van der Waals surface area contributed by atoms with Crippen LogP contribution in [0.5, 0.6) is 5.75 Å². The monoisotopic (exact) mass is 391 g/mol. The number of nitrogens with one attached hydrogen (secondary N) is 1. The normalized spacial score (nSPS) is 12.0. The van der Waals surface area contributed by atoms with E-state index < -0.39 is 6.10 Å². The minimum Gasteiger partial charge on any atom is -0.481 e. The number of benzene rings is 2. The molecule has 0 spiro atoms. The van der Waals surface area contributed by atoms with Crippen molar-refractivity contribution >= 4 is 5.91 Å². The average molecular weight is 392 g/mol. The number of amides is 1. The highest BCUT2D eigenvalue weighted by Gasteiger charge is 2.15. The molecule has 3 aromatic rings. The lowest BCUT2D eigenvalue weighted by molar-refractivity contribution is -0.127. The zero-order chi connectivity index (χ0) is 20.8. The maximum atomic E-state index is 12.5. The van der Waals surface area contributed by atoms with Crippen LogP contribution >= 0.6 is 0 Å². The lowest BCUT2D eigenvalue weighted by atomic mass is 9.98. The molecule has 0 bridgehead atoms. The van der Waals surface area contributed by atoms with E-state index in [0.29, 0.717) is 12.5 Å². The van der Waals surface area contributed by atoms with Gasteiger partial charge in [0.2, 0.25) is 0 Å². The van der Waals surface area contributed by atoms with E-state index in [1.165, 1.54) is 16.7 Å². The van der Waals surface area contributed by atoms with Gasteiger partial charge in [0.25, 0.3) is 5.91 Å². The predicted octanol–water partition coefficient (Wildman–Crippen LogP) is 4.45. The Hall–Kier alpha value is -3.08. The maximum absolute atomic E-state index is 12.5. The molecule has 5 heteroatoms. The Bertz CT molecular complexity index is 949. The number of hydrogen-bond acceptors (Lipinski definition) is 3. The summed E-state index contributed by atoms with van der Waals surface area (Å²) in [5.74, 6) is 1.06. The van der Waals surface area contributed by atoms with Gasteiger partial charge in [-0.25, -0.2) is 4.98 Å². The number of hydrogen-bond donors (Lipinski definition) is 1. The standard InChI is InChI=1S/C24H29N3O2/c1-17(2)23-9-8-22(12-18(23)3)29-19(4)24(28)26-14-20-6-5-7-21(13-20)15-27-11-10-25-16-27/h5-13,16-17,19H,14-15H2,1-4H3,(H,26,28). The molecule has 3 rings (SSSR count). The highest BCUT2D eigenvalue weighted by atomic mass is 16.5. The minimum atomic E-state index is -0.562. The SMILES string of the molecule is Cc1cc(OC(C)C(=O)NCc2cccc(Cn3ccnc3)c2)ccc1C(C)C. The number of aryl methyl sites for hydroxylation is 1. The first-order valence-corrected chi connectivity index (χ1v) is 10.0. The molecule has 0 fully saturated rings. The minimum absolute atomic E-state index is 0.129. The Morgan fingerprint density at radius 1 is 1.14 bits per heavy atom. The molecule has 0 aliphatic rings. The number of carbonyl (C=O) groups excluding carboxylic acids is 1. The molecular formula is C24H29N3O2. The molecule has 0 saturated heterocycles. The van der Waals surface area contributed by atoms with Crippen molar-refractivity contribution in [2.45, 2.75) is 52.8 Å². The van der Waals surface area contributed by atoms with Gasteiger partial charge in [0.05, 0.1) is 6.33 Å². The van der Waals surface area contributed by atoms with Gasteiger partial charge in [-0.05, 0) is 54.2 Å². The van der Waals surface area contributed by atoms with E-state index in [0.717, 1.165) is 17.9 Å². The summed E-state index contributed by atoms with van der Waals surface area (Å²) in [7, 11) is 0. The van der Waals surface area contributed by atoms with Crippen molar-refractivity contribution in [3.63, 3.8) is 0 Å². The van der Waals surface area contributed by atoms with Crippen molar-refractivity contribution in [1.82, 2.24) is 14.9 Å². The zero-order valence-corrected chi connectivity index (χ0v) is 17.6. The number of ether oxygens (including phenoxy) is 1. The van der Waals surface area contributed by atoms with Crippen molar-refractivity contribution in [3.8, 4) is 5.75 Å². The van der Waals surface area contributed by atoms with Gasteiger partial charge >= 0.3 is 0 Å². The second kappa shape index (κ2) is 9.41. The first kappa shape index (κ1) is 20.6. The van der Waals surface area contributed by atoms with Crippen LogP contribution in [-0.4, -0.2) is 21.6 Å². The molecular weight excluding hydrogens is 362 g/mol. The number of aromatic nitrogens is 2. The van der Waals surface area contributed by atoms with Gasteiger partial charge in [-0.15, -0.1) is 0 Å². The summed E-state index contributed by atoms with van der Waals surface area (Å²) in [6, 6.07) is 14.2. The molecule has 0 radical (unpaired) electrons. The van der Waals surface area contributed by atoms with Gasteiger partial charge < -0.3 is 14.6 Å². The molecule has 1 N–H and O–H groups in total. The average Bonchev–Trinajstić information content (AvgIpc) is 3.19. The number of rotatable bonds is 8. The highest BCUT2D eigenvalue weighted by Crippen LogP contribution is 2.24. The van der Waals surface area contributed by atoms with Crippen molar-refractivity contribution in [2.75, 3.05) is 0 Å². The molecule has 0 aliphatic heterocycles. The smallest absolute Gasteiger partial charge is 0.261 e. The van der Waals surface area contributed by atoms with Crippen LogP contribution in [0.25, 0.3) is 0 Å². The topological polar surface area (TPSA) is 56.1 Å². The molecule has 1 aromatic heterocycles. The number of nitrogens with zero attached hydrogens (tertiary/aromatic N) is 2. The van der Waals surface area contributed by atoms with Gasteiger partial charge in [0.15, 0.2) is 6.10 Å². The van der Waals surface area contributed by atoms with E-state index in [2.05, 4.69) is 49.3 Å². The van der Waals surface area contributed by atoms with Crippen molar-refractivity contribution in [1.29, 1.82) is 0 Å². The Morgan fingerprint density at radius 3 is 2.62 bits per heavy atom. The van der Waals surface area contributed by atoms with Gasteiger partial charge in [-0.1, -0.05) is 44.2 Å². The van der Waals surface area contributed by atoms with Crippen LogP contribution in [0, 0.1) is 6.92 Å². The third-order valence-electron chi connectivity index (χ3n) is 4.93. The third kappa shape index (κ3) is 5.70. The van der Waals surface area contributed by atoms with E-state index in [9.17, 15) is 4.79 Å². The van der Waals surface area contributed by atoms with Crippen molar-refractivity contribution in [3.05, 3.63) is 83.4 Å². The van der Waals surface area contributed by atoms with Crippen LogP contribution < -0.4 is 10.1 Å². The molecule has 0 aliphatic carbocycles. The molecule has 152 valence electrons. The zero-order valence-electron chi connectivity index (χ0n) is 17.6. The fraction of sp³-hybridized carbons (Fsp3) is 0.333. The molecule has 1 unspecified atom stereocenters. The van der Waals surface area contributed by atoms with E-state index in [-0.39, 0.29) is 5.91 Å². The van der Waals surface area contributed by atoms with Gasteiger partial charge in [0.1, 0.15) is 5.75 Å². The van der Waals surface area contributed by atoms with E-state index >= 15 is 0 Å². The summed E-state index contributed by atoms with van der Waals surface area (Å²) in [6.45, 7) is 9.41. The predicted molar refractivity (Wildman–Crippen MR) is 115 cm³/mol. The molecule has 2 aromatic carbocycles. The molecule has 29 heavy (non-hydrogen) atoms. The summed E-state index contributed by atoms with van der Waals surface area (Å²) < 4.78 is 7.87. The van der Waals surface area contributed by atoms with Crippen LogP contribution in [0.4, 0.5) is 0 Å². The molecule has 1 atom stereocenters. The van der Waals surface area contributed by atoms with Crippen LogP contribution in [0.15, 0.2) is 61.2 Å². The molecule has 1 heterocycles. The first-order valence-electron chi connectivity index (χ1n) is 10.0. The van der Waals surface area contributed by atoms with Gasteiger partial charge in [-0.2, -0.15) is 0 Å². The lowest BCUT2D eigenvalue weighted by Crippen LogP contribution is -2.35. The van der Waals surface area contributed by atoms with Gasteiger partial charge in [0, 0.05) is 25.5 Å². The fourth-order valence-electron chi connectivity index (χ4n) is 3.39. The highest BCUT2D eigenvalue weighted by molar-refractivity contribution is 5.80. The van der Waals surface area contributed by atoms with Gasteiger partial charge in [-0.3, -0.25) is 4.79 Å². The van der Waals surface area contributed by atoms with Crippen LogP contribution in [0.1, 0.15) is 48.9 Å². The summed E-state index contributed by atoms with van der Waals surface area (Å²) >= 11 is 0. The Kier molecular flexibility index (Phi) is 6.70. The number of carbonyl (C=O) groups is 1. The lowest BCUT2D eigenvalue weighted by Gasteiger charge is -2.17. The van der Waals surface area contributed by atoms with Crippen LogP contribution in [0.3, 0.4) is 0 Å². The van der Waals surface area contributed by atoms with Crippen LogP contribution in [-0.2, 0) is 17.9 Å². The summed E-state index contributed by atoms with van der Waals surface area (Å²) in [5, 5.41) is 2.97. The Labute approximate surface area is 172 Å². The summed E-state index contributed by atoms with van der Waals surface area (Å²) in [4.78, 5) is 16.5. The summed E-state index contributed by atoms with van der Waals surface area (Å²) in [6.07, 6.45) is 4.93.